The summed E-state index contributed by atoms with van der Waals surface area (Å²) in [5.41, 5.74) is 0. The second-order valence-electron chi connectivity index (χ2n) is 0.0791. The van der Waals surface area contributed by atoms with Crippen molar-refractivity contribution in [2.24, 2.45) is 0 Å². The van der Waals surface area contributed by atoms with E-state index in [0.29, 0.717) is 0 Å². The SMILES string of the molecule is N#[C][Fe].[Ag].[AlH3]. The summed E-state index contributed by atoms with van der Waals surface area (Å²) >= 11 is 2.79. The first-order valence-corrected chi connectivity index (χ1v) is 0.952. The largest absolute Gasteiger partial charge is 0.187 e. The molecule has 0 saturated carbocycles. The van der Waals surface area contributed by atoms with Crippen LogP contribution in [0.25, 0.3) is 0 Å². The van der Waals surface area contributed by atoms with Gasteiger partial charge in [-0.15, -0.1) is 0 Å². The van der Waals surface area contributed by atoms with Crippen LogP contribution in [0.1, 0.15) is 0 Å². The van der Waals surface area contributed by atoms with Crippen molar-refractivity contribution < 1.29 is 38.4 Å². The van der Waals surface area contributed by atoms with E-state index in [1.165, 1.54) is 4.97 Å². The Morgan fingerprint density at radius 2 is 1.60 bits per heavy atom. The van der Waals surface area contributed by atoms with E-state index in [1.807, 2.05) is 0 Å². The molecule has 34 valence electrons. The molecule has 5 heavy (non-hydrogen) atoms. The summed E-state index contributed by atoms with van der Waals surface area (Å²) in [7, 11) is 0. The first kappa shape index (κ1) is 16.3. The second-order valence-corrected chi connectivity index (χ2v) is 0.326. The van der Waals surface area contributed by atoms with Crippen LogP contribution in [0.4, 0.5) is 0 Å². The molecule has 0 bridgehead atoms. The zero-order chi connectivity index (χ0) is 2.71. The summed E-state index contributed by atoms with van der Waals surface area (Å²) in [4.78, 5) is 1.50. The van der Waals surface area contributed by atoms with Gasteiger partial charge in [0.2, 0.25) is 0 Å². The Morgan fingerprint density at radius 3 is 1.60 bits per heavy atom. The fraction of sp³-hybridized carbons (Fsp3) is 0. The predicted molar refractivity (Wildman–Crippen MR) is 15.6 cm³/mol. The van der Waals surface area contributed by atoms with Crippen molar-refractivity contribution in [1.82, 2.24) is 0 Å². The molecule has 0 amide bonds. The van der Waals surface area contributed by atoms with E-state index < -0.39 is 0 Å². The normalized spacial score (nSPS) is 1.60. The maximum atomic E-state index is 7.21. The predicted octanol–water partition coefficient (Wildman–Crippen LogP) is -1.17. The van der Waals surface area contributed by atoms with Gasteiger partial charge in [-0.2, -0.15) is 0 Å². The monoisotopic (exact) mass is 219 g/mol. The van der Waals surface area contributed by atoms with Gasteiger partial charge in [0.15, 0.2) is 17.4 Å². The molecule has 0 atom stereocenters. The zero-order valence-electron chi connectivity index (χ0n) is 1.60. The summed E-state index contributed by atoms with van der Waals surface area (Å²) < 4.78 is 0. The van der Waals surface area contributed by atoms with Gasteiger partial charge < -0.3 is 0 Å². The second kappa shape index (κ2) is 18.6. The van der Waals surface area contributed by atoms with Gasteiger partial charge in [0.1, 0.15) is 0 Å². The summed E-state index contributed by atoms with van der Waals surface area (Å²) in [6.07, 6.45) is 0. The van der Waals surface area contributed by atoms with E-state index in [0.717, 1.165) is 0 Å². The van der Waals surface area contributed by atoms with Gasteiger partial charge in [0.05, 0.1) is 0 Å². The number of hydrogen-bond donors (Lipinski definition) is 0. The maximum absolute atomic E-state index is 7.21. The Hall–Kier alpha value is 1.28. The molecule has 0 saturated heterocycles. The third-order valence-electron chi connectivity index (χ3n) is 0. The van der Waals surface area contributed by atoms with Crippen LogP contribution in [0.15, 0.2) is 0 Å². The van der Waals surface area contributed by atoms with Crippen molar-refractivity contribution in [3.8, 4) is 4.97 Å². The molecule has 0 unspecified atom stereocenters. The third kappa shape index (κ3) is 34.6. The van der Waals surface area contributed by atoms with Crippen LogP contribution >= 0.6 is 0 Å². The van der Waals surface area contributed by atoms with E-state index >= 15 is 0 Å². The molecule has 0 aromatic carbocycles. The summed E-state index contributed by atoms with van der Waals surface area (Å²) in [5.74, 6) is 0. The topological polar surface area (TPSA) is 23.8 Å². The minimum absolute atomic E-state index is 0. The molecule has 0 aliphatic rings. The first-order chi connectivity index (χ1) is 1.41. The van der Waals surface area contributed by atoms with E-state index in [2.05, 4.69) is 16.0 Å². The van der Waals surface area contributed by atoms with Gasteiger partial charge in [0.25, 0.3) is 0 Å². The van der Waals surface area contributed by atoms with Gasteiger partial charge in [-0.25, -0.2) is 0 Å². The molecule has 0 fully saturated rings. The molecule has 1 nitrogen and oxygen atoms in total. The molecule has 0 aromatic rings. The molecule has 0 heterocycles. The summed E-state index contributed by atoms with van der Waals surface area (Å²) in [6.45, 7) is 0. The molecule has 0 rings (SSSR count). The van der Waals surface area contributed by atoms with Crippen LogP contribution in [-0.2, 0) is 38.4 Å². The smallest absolute Gasteiger partial charge is 0 e. The average molecular weight is 220 g/mol. The molecule has 0 aliphatic carbocycles. The van der Waals surface area contributed by atoms with Crippen LogP contribution in [0.3, 0.4) is 0 Å². The number of hydrogen-bond acceptors (Lipinski definition) is 1. The minimum Gasteiger partial charge on any atom is 0 e. The molecule has 4 heteroatoms. The van der Waals surface area contributed by atoms with Crippen LogP contribution in [0.2, 0.25) is 0 Å². The summed E-state index contributed by atoms with van der Waals surface area (Å²) in [6, 6.07) is 0. The Labute approximate surface area is 65.6 Å². The molecular formula is CH3AgAlFeN. The van der Waals surface area contributed by atoms with Gasteiger partial charge in [-0.3, -0.25) is 0 Å². The quantitative estimate of drug-likeness (QED) is 0.471. The zero-order valence-corrected chi connectivity index (χ0v) is 4.19. The standard InChI is InChI=1S/CN.Ag.Al.Fe.3H/c1-2;;;;;;. The average Bonchev–Trinajstić information content (AvgIpc) is 0.918. The van der Waals surface area contributed by atoms with Crippen LogP contribution < -0.4 is 0 Å². The molecule has 0 spiro atoms. The van der Waals surface area contributed by atoms with E-state index in [1.54, 1.807) is 0 Å². The van der Waals surface area contributed by atoms with Gasteiger partial charge in [-0.05, 0) is 0 Å². The Bertz CT molecular complexity index is 33.1. The molecule has 0 N–H and O–H groups in total. The van der Waals surface area contributed by atoms with Gasteiger partial charge in [0, 0.05) is 22.4 Å². The minimum atomic E-state index is 0. The van der Waals surface area contributed by atoms with E-state index in [4.69, 9.17) is 5.26 Å². The van der Waals surface area contributed by atoms with Crippen molar-refractivity contribution in [3.05, 3.63) is 0 Å². The number of nitriles is 1. The van der Waals surface area contributed by atoms with E-state index in [-0.39, 0.29) is 39.7 Å². The molecule has 0 aliphatic heterocycles. The first-order valence-electron chi connectivity index (χ1n) is 0.400. The fourth-order valence-corrected chi connectivity index (χ4v) is 0. The number of rotatable bonds is 0. The van der Waals surface area contributed by atoms with Crippen molar-refractivity contribution in [2.45, 2.75) is 0 Å². The third-order valence-corrected chi connectivity index (χ3v) is 0. The molecular weight excluding hydrogens is 217 g/mol. The van der Waals surface area contributed by atoms with Crippen LogP contribution in [-0.4, -0.2) is 17.4 Å². The molecule has 1 radical (unpaired) electrons. The van der Waals surface area contributed by atoms with Crippen LogP contribution in [0.5, 0.6) is 0 Å². The maximum Gasteiger partial charge on any atom is 0.187 e. The van der Waals surface area contributed by atoms with Crippen molar-refractivity contribution in [2.75, 3.05) is 0 Å². The van der Waals surface area contributed by atoms with Crippen molar-refractivity contribution in [3.63, 3.8) is 0 Å². The van der Waals surface area contributed by atoms with Crippen molar-refractivity contribution >= 4 is 17.4 Å². The van der Waals surface area contributed by atoms with Crippen molar-refractivity contribution in [1.29, 1.82) is 5.26 Å². The van der Waals surface area contributed by atoms with Gasteiger partial charge >= 0.3 is 26.2 Å². The Morgan fingerprint density at radius 1 is 1.60 bits per heavy atom. The van der Waals surface area contributed by atoms with E-state index in [9.17, 15) is 0 Å². The summed E-state index contributed by atoms with van der Waals surface area (Å²) in [5, 5.41) is 7.21. The van der Waals surface area contributed by atoms with Gasteiger partial charge in [-0.1, -0.05) is 0 Å². The fourth-order valence-electron chi connectivity index (χ4n) is 0. The Balaban J connectivity index is -0.0000000200. The number of nitrogens with zero attached hydrogens (tertiary/aromatic N) is 1. The van der Waals surface area contributed by atoms with Crippen LogP contribution in [0, 0.1) is 10.2 Å². The Kier molecular flexibility index (Phi) is 60.5. The molecule has 0 aromatic heterocycles.